The molecule has 288 valence electrons. The second kappa shape index (κ2) is 15.9. The van der Waals surface area contributed by atoms with Gasteiger partial charge in [0.15, 0.2) is 23.3 Å². The normalized spacial score (nSPS) is 11.7. The van der Waals surface area contributed by atoms with E-state index < -0.39 is 40.8 Å². The molecule has 4 aromatic carbocycles. The first-order chi connectivity index (χ1) is 28.6. The number of hydrogen-bond acceptors (Lipinski definition) is 5. The number of benzene rings is 4. The van der Waals surface area contributed by atoms with Crippen molar-refractivity contribution in [3.63, 3.8) is 0 Å². The van der Waals surface area contributed by atoms with E-state index in [2.05, 4.69) is 5.92 Å². The molecular formula is C48H28F4N4O3Zn. The molecule has 0 amide bonds. The second-order valence-electron chi connectivity index (χ2n) is 13.8. The summed E-state index contributed by atoms with van der Waals surface area (Å²) in [5.74, 6) is -4.33. The number of terminal acetylenes is 1. The van der Waals surface area contributed by atoms with Crippen molar-refractivity contribution in [2.75, 3.05) is 0 Å². The van der Waals surface area contributed by atoms with Crippen LogP contribution in [-0.2, 0) is 25.9 Å². The van der Waals surface area contributed by atoms with Crippen molar-refractivity contribution in [3.8, 4) is 74.1 Å². The zero-order chi connectivity index (χ0) is 40.9. The van der Waals surface area contributed by atoms with Crippen LogP contribution in [0.5, 0.6) is 17.2 Å². The molecule has 7 aromatic rings. The molecule has 0 aliphatic carbocycles. The van der Waals surface area contributed by atoms with Gasteiger partial charge in [-0.3, -0.25) is 0 Å². The molecular weight excluding hydrogens is 822 g/mol. The van der Waals surface area contributed by atoms with E-state index in [1.54, 1.807) is 78.9 Å². The predicted molar refractivity (Wildman–Crippen MR) is 221 cm³/mol. The SMILES string of the molecule is C#CCCc1c(F)c(F)c(-c2c3nc(c(-c4cccc(O)c4)c4ccc([n-]4)c(-c4cccc(O)c4)c4nc(c(-c5cccc(O)c5)c5ccc2[n-]5)C=C4)C=C3)c(F)c1F.[Zn+2]. The summed E-state index contributed by atoms with van der Waals surface area (Å²) in [6.07, 6.45) is 11.3. The van der Waals surface area contributed by atoms with Crippen molar-refractivity contribution in [3.05, 3.63) is 149 Å². The number of rotatable bonds is 6. The van der Waals surface area contributed by atoms with E-state index in [-0.39, 0.29) is 71.1 Å². The van der Waals surface area contributed by atoms with Gasteiger partial charge in [-0.15, -0.1) is 34.4 Å². The first-order valence-corrected chi connectivity index (χ1v) is 18.3. The Bertz CT molecular complexity index is 3110. The van der Waals surface area contributed by atoms with Crippen LogP contribution in [0.4, 0.5) is 17.6 Å². The molecule has 12 heteroatoms. The summed E-state index contributed by atoms with van der Waals surface area (Å²) in [6, 6.07) is 25.9. The minimum Gasteiger partial charge on any atom is -0.657 e. The largest absolute Gasteiger partial charge is 2.00 e. The number of hydrogen-bond donors (Lipinski definition) is 3. The number of fused-ring (bicyclic) bond motifs is 8. The zero-order valence-corrected chi connectivity index (χ0v) is 34.4. The minimum absolute atomic E-state index is 0. The van der Waals surface area contributed by atoms with E-state index in [0.717, 1.165) is 0 Å². The van der Waals surface area contributed by atoms with Gasteiger partial charge < -0.3 is 25.3 Å². The maximum Gasteiger partial charge on any atom is 2.00 e. The van der Waals surface area contributed by atoms with Crippen LogP contribution < -0.4 is 9.97 Å². The van der Waals surface area contributed by atoms with Crippen molar-refractivity contribution >= 4 is 46.4 Å². The fraction of sp³-hybridized carbons (Fsp3) is 0.0417. The molecule has 0 atom stereocenters. The Balaban J connectivity index is 0.00000499. The minimum atomic E-state index is -1.65. The first-order valence-electron chi connectivity index (χ1n) is 18.3. The maximum atomic E-state index is 16.4. The van der Waals surface area contributed by atoms with Gasteiger partial charge in [-0.1, -0.05) is 60.7 Å². The number of nitrogens with zero attached hydrogens (tertiary/aromatic N) is 4. The number of phenolic OH excluding ortho intramolecular Hbond substituents is 3. The standard InChI is InChI=1S/C48H28F4N4O3.Zn/c1-2-3-13-31-45(49)47(51)44(48(52)46(31)50)43-38-20-18-36(55-38)41(26-8-5-11-29(58)23-26)34-16-14-32(53-34)40(25-7-4-10-28(57)22-25)33-15-17-35(54-33)42(37-19-21-39(43)56-37)27-9-6-12-30(59)24-27;/h1,4-12,14-24H,3,13H2,(H3-2,53,54,55,56,57,58,59);/q-2;+2. The van der Waals surface area contributed by atoms with Crippen LogP contribution >= 0.6 is 0 Å². The molecule has 0 radical (unpaired) electrons. The average Bonchev–Trinajstić information content (AvgIpc) is 4.06. The molecule has 3 N–H and O–H groups in total. The van der Waals surface area contributed by atoms with E-state index in [9.17, 15) is 15.3 Å². The van der Waals surface area contributed by atoms with Crippen LogP contribution in [-0.4, -0.2) is 25.3 Å². The van der Waals surface area contributed by atoms with E-state index in [4.69, 9.17) is 26.4 Å². The first kappa shape index (κ1) is 39.6. The van der Waals surface area contributed by atoms with Crippen LogP contribution in [0.2, 0.25) is 0 Å². The molecule has 5 heterocycles. The van der Waals surface area contributed by atoms with E-state index in [1.165, 1.54) is 36.4 Å². The van der Waals surface area contributed by atoms with Crippen LogP contribution in [0.25, 0.3) is 90.9 Å². The van der Waals surface area contributed by atoms with Crippen molar-refractivity contribution in [1.82, 2.24) is 19.9 Å². The topological polar surface area (TPSA) is 115 Å². The molecule has 2 aliphatic rings. The van der Waals surface area contributed by atoms with Gasteiger partial charge in [0.2, 0.25) is 0 Å². The molecule has 3 aromatic heterocycles. The van der Waals surface area contributed by atoms with Crippen LogP contribution in [0.3, 0.4) is 0 Å². The Morgan fingerprint density at radius 1 is 0.483 bits per heavy atom. The van der Waals surface area contributed by atoms with Crippen molar-refractivity contribution in [2.24, 2.45) is 0 Å². The molecule has 0 unspecified atom stereocenters. The summed E-state index contributed by atoms with van der Waals surface area (Å²) in [7, 11) is 0. The number of phenols is 3. The van der Waals surface area contributed by atoms with Gasteiger partial charge in [0, 0.05) is 12.0 Å². The number of halogens is 4. The summed E-state index contributed by atoms with van der Waals surface area (Å²) in [6.45, 7) is 0. The third-order valence-electron chi connectivity index (χ3n) is 10.1. The summed E-state index contributed by atoms with van der Waals surface area (Å²) in [5.41, 5.74) is 2.84. The van der Waals surface area contributed by atoms with Gasteiger partial charge >= 0.3 is 19.5 Å². The number of aromatic hydroxyl groups is 3. The van der Waals surface area contributed by atoms with Gasteiger partial charge in [-0.25, -0.2) is 27.5 Å². The molecule has 9 rings (SSSR count). The Morgan fingerprint density at radius 3 is 1.18 bits per heavy atom. The maximum absolute atomic E-state index is 16.4. The second-order valence-corrected chi connectivity index (χ2v) is 13.8. The fourth-order valence-corrected chi connectivity index (χ4v) is 7.53. The van der Waals surface area contributed by atoms with Gasteiger partial charge in [0.1, 0.15) is 17.2 Å². The van der Waals surface area contributed by atoms with Gasteiger partial charge in [0.05, 0.1) is 28.3 Å². The molecule has 7 nitrogen and oxygen atoms in total. The average molecular weight is 850 g/mol. The van der Waals surface area contributed by atoms with Gasteiger partial charge in [-0.2, -0.15) is 0 Å². The van der Waals surface area contributed by atoms with Crippen molar-refractivity contribution in [2.45, 2.75) is 12.8 Å². The van der Waals surface area contributed by atoms with Gasteiger partial charge in [-0.05, 0) is 106 Å². The molecule has 0 saturated heterocycles. The molecule has 60 heavy (non-hydrogen) atoms. The zero-order valence-electron chi connectivity index (χ0n) is 31.4. The Morgan fingerprint density at radius 2 is 0.833 bits per heavy atom. The van der Waals surface area contributed by atoms with Crippen LogP contribution in [0, 0.1) is 35.6 Å². The Labute approximate surface area is 352 Å². The summed E-state index contributed by atoms with van der Waals surface area (Å²) in [4.78, 5) is 19.7. The fourth-order valence-electron chi connectivity index (χ4n) is 7.53. The smallest absolute Gasteiger partial charge is 0.657 e. The Kier molecular flexibility index (Phi) is 10.5. The quantitative estimate of drug-likeness (QED) is 0.0661. The monoisotopic (exact) mass is 848 g/mol. The third kappa shape index (κ3) is 6.93. The molecule has 8 bridgehead atoms. The summed E-state index contributed by atoms with van der Waals surface area (Å²) >= 11 is 0. The molecule has 0 spiro atoms. The number of aromatic nitrogens is 4. The predicted octanol–water partition coefficient (Wildman–Crippen LogP) is 10.8. The molecule has 0 fully saturated rings. The Hall–Kier alpha value is -7.22. The third-order valence-corrected chi connectivity index (χ3v) is 10.1. The molecule has 0 saturated carbocycles. The summed E-state index contributed by atoms with van der Waals surface area (Å²) in [5, 5.41) is 31.7. The van der Waals surface area contributed by atoms with Crippen molar-refractivity contribution in [1.29, 1.82) is 0 Å². The van der Waals surface area contributed by atoms with E-state index in [1.807, 2.05) is 6.07 Å². The summed E-state index contributed by atoms with van der Waals surface area (Å²) < 4.78 is 64.4. The van der Waals surface area contributed by atoms with Gasteiger partial charge in [0.25, 0.3) is 0 Å². The molecule has 2 aliphatic heterocycles. The van der Waals surface area contributed by atoms with Crippen LogP contribution in [0.1, 0.15) is 34.8 Å². The van der Waals surface area contributed by atoms with Crippen LogP contribution in [0.15, 0.2) is 97.1 Å². The van der Waals surface area contributed by atoms with Crippen molar-refractivity contribution < 1.29 is 52.4 Å². The van der Waals surface area contributed by atoms with E-state index in [0.29, 0.717) is 55.8 Å². The van der Waals surface area contributed by atoms with E-state index >= 15 is 17.6 Å².